The first-order valence-corrected chi connectivity index (χ1v) is 6.82. The molecule has 1 heterocycles. The molecule has 0 fully saturated rings. The lowest BCUT2D eigenvalue weighted by Crippen LogP contribution is -2.04. The normalized spacial score (nSPS) is 11.1. The molecule has 112 valence electrons. The van der Waals surface area contributed by atoms with E-state index in [1.54, 1.807) is 6.07 Å². The molecular formula is C17H14F2N2O. The second kappa shape index (κ2) is 5.67. The molecule has 0 atom stereocenters. The molecule has 0 aliphatic rings. The number of halogens is 2. The van der Waals surface area contributed by atoms with Gasteiger partial charge in [-0.15, -0.1) is 0 Å². The molecule has 0 N–H and O–H groups in total. The standard InChI is InChI=1S/C17H14F2N2O/c1-10-4-3-5-12(6-10)13-7-11(2)8-14-16(13)20-9-15(21-14)22-17(18)19/h3-9,17H,1-2H3. The van der Waals surface area contributed by atoms with Crippen molar-refractivity contribution in [1.82, 2.24) is 9.97 Å². The van der Waals surface area contributed by atoms with E-state index >= 15 is 0 Å². The minimum Gasteiger partial charge on any atom is -0.415 e. The van der Waals surface area contributed by atoms with E-state index in [2.05, 4.69) is 20.8 Å². The number of aromatic nitrogens is 2. The molecule has 0 spiro atoms. The van der Waals surface area contributed by atoms with Crippen molar-refractivity contribution in [3.63, 3.8) is 0 Å². The Morgan fingerprint density at radius 3 is 2.59 bits per heavy atom. The molecule has 0 amide bonds. The molecule has 0 bridgehead atoms. The number of fused-ring (bicyclic) bond motifs is 1. The zero-order valence-electron chi connectivity index (χ0n) is 12.2. The Labute approximate surface area is 126 Å². The first-order chi connectivity index (χ1) is 10.5. The Hall–Kier alpha value is -2.56. The SMILES string of the molecule is Cc1cccc(-c2cc(C)cc3nc(OC(F)F)cnc23)c1. The van der Waals surface area contributed by atoms with Crippen LogP contribution < -0.4 is 4.74 Å². The number of aryl methyl sites for hydroxylation is 2. The third-order valence-electron chi connectivity index (χ3n) is 3.31. The van der Waals surface area contributed by atoms with Gasteiger partial charge in [-0.05, 0) is 37.1 Å². The van der Waals surface area contributed by atoms with E-state index in [4.69, 9.17) is 0 Å². The van der Waals surface area contributed by atoms with Crippen LogP contribution in [-0.4, -0.2) is 16.6 Å². The van der Waals surface area contributed by atoms with Gasteiger partial charge in [0.05, 0.1) is 17.2 Å². The van der Waals surface area contributed by atoms with Crippen LogP contribution in [0, 0.1) is 13.8 Å². The molecule has 0 unspecified atom stereocenters. The van der Waals surface area contributed by atoms with Gasteiger partial charge in [-0.25, -0.2) is 9.97 Å². The Balaban J connectivity index is 2.18. The maximum atomic E-state index is 12.3. The van der Waals surface area contributed by atoms with Crippen molar-refractivity contribution >= 4 is 11.0 Å². The van der Waals surface area contributed by atoms with Crippen molar-refractivity contribution in [2.24, 2.45) is 0 Å². The van der Waals surface area contributed by atoms with Crippen molar-refractivity contribution in [3.05, 3.63) is 53.7 Å². The Bertz CT molecular complexity index is 834. The molecular weight excluding hydrogens is 286 g/mol. The zero-order chi connectivity index (χ0) is 15.7. The summed E-state index contributed by atoms with van der Waals surface area (Å²) in [7, 11) is 0. The Morgan fingerprint density at radius 2 is 1.86 bits per heavy atom. The molecule has 0 aliphatic heterocycles. The topological polar surface area (TPSA) is 35.0 Å². The van der Waals surface area contributed by atoms with Crippen LogP contribution in [0.15, 0.2) is 42.6 Å². The lowest BCUT2D eigenvalue weighted by Gasteiger charge is -2.10. The van der Waals surface area contributed by atoms with Crippen molar-refractivity contribution < 1.29 is 13.5 Å². The van der Waals surface area contributed by atoms with E-state index in [0.717, 1.165) is 22.3 Å². The first-order valence-electron chi connectivity index (χ1n) is 6.82. The monoisotopic (exact) mass is 300 g/mol. The van der Waals surface area contributed by atoms with Gasteiger partial charge < -0.3 is 4.74 Å². The summed E-state index contributed by atoms with van der Waals surface area (Å²) in [6.07, 6.45) is 1.23. The van der Waals surface area contributed by atoms with Gasteiger partial charge in [0.1, 0.15) is 0 Å². The molecule has 0 aliphatic carbocycles. The number of hydrogen-bond donors (Lipinski definition) is 0. The van der Waals surface area contributed by atoms with Crippen LogP contribution in [0.25, 0.3) is 22.2 Å². The molecule has 3 nitrogen and oxygen atoms in total. The summed E-state index contributed by atoms with van der Waals surface area (Å²) in [5, 5.41) is 0. The summed E-state index contributed by atoms with van der Waals surface area (Å²) in [6, 6.07) is 11.9. The maximum Gasteiger partial charge on any atom is 0.388 e. The van der Waals surface area contributed by atoms with Crippen LogP contribution in [0.1, 0.15) is 11.1 Å². The predicted octanol–water partition coefficient (Wildman–Crippen LogP) is 4.52. The number of rotatable bonds is 3. The maximum absolute atomic E-state index is 12.3. The fourth-order valence-electron chi connectivity index (χ4n) is 2.43. The highest BCUT2D eigenvalue weighted by Gasteiger charge is 2.11. The first kappa shape index (κ1) is 14.4. The number of benzene rings is 2. The number of hydrogen-bond acceptors (Lipinski definition) is 3. The van der Waals surface area contributed by atoms with E-state index < -0.39 is 6.61 Å². The van der Waals surface area contributed by atoms with E-state index in [1.807, 2.05) is 38.1 Å². The van der Waals surface area contributed by atoms with Crippen LogP contribution in [0.3, 0.4) is 0 Å². The van der Waals surface area contributed by atoms with Crippen molar-refractivity contribution in [2.45, 2.75) is 20.5 Å². The second-order valence-electron chi connectivity index (χ2n) is 5.14. The van der Waals surface area contributed by atoms with Gasteiger partial charge in [0, 0.05) is 5.56 Å². The molecule has 3 aromatic rings. The minimum absolute atomic E-state index is 0.178. The highest BCUT2D eigenvalue weighted by atomic mass is 19.3. The lowest BCUT2D eigenvalue weighted by molar-refractivity contribution is -0.0528. The van der Waals surface area contributed by atoms with Gasteiger partial charge in [-0.1, -0.05) is 29.8 Å². The number of ether oxygens (including phenoxy) is 1. The van der Waals surface area contributed by atoms with Crippen molar-refractivity contribution in [1.29, 1.82) is 0 Å². The average molecular weight is 300 g/mol. The van der Waals surface area contributed by atoms with Gasteiger partial charge in [-0.2, -0.15) is 8.78 Å². The summed E-state index contributed by atoms with van der Waals surface area (Å²) in [4.78, 5) is 8.38. The molecule has 2 aromatic carbocycles. The smallest absolute Gasteiger partial charge is 0.388 e. The number of nitrogens with zero attached hydrogens (tertiary/aromatic N) is 2. The summed E-state index contributed by atoms with van der Waals surface area (Å²) >= 11 is 0. The van der Waals surface area contributed by atoms with Crippen LogP contribution in [0.2, 0.25) is 0 Å². The zero-order valence-corrected chi connectivity index (χ0v) is 12.2. The van der Waals surface area contributed by atoms with Crippen LogP contribution in [0.4, 0.5) is 8.78 Å². The average Bonchev–Trinajstić information content (AvgIpc) is 2.45. The molecule has 5 heteroatoms. The summed E-state index contributed by atoms with van der Waals surface area (Å²) < 4.78 is 28.9. The highest BCUT2D eigenvalue weighted by Crippen LogP contribution is 2.29. The highest BCUT2D eigenvalue weighted by molar-refractivity contribution is 5.92. The molecule has 3 rings (SSSR count). The van der Waals surface area contributed by atoms with E-state index in [-0.39, 0.29) is 5.88 Å². The fraction of sp³-hybridized carbons (Fsp3) is 0.176. The van der Waals surface area contributed by atoms with Crippen LogP contribution >= 0.6 is 0 Å². The summed E-state index contributed by atoms with van der Waals surface area (Å²) in [6.45, 7) is 1.04. The largest absolute Gasteiger partial charge is 0.415 e. The molecule has 0 radical (unpaired) electrons. The van der Waals surface area contributed by atoms with Crippen LogP contribution in [0.5, 0.6) is 5.88 Å². The molecule has 22 heavy (non-hydrogen) atoms. The molecule has 1 aromatic heterocycles. The Morgan fingerprint density at radius 1 is 1.05 bits per heavy atom. The second-order valence-corrected chi connectivity index (χ2v) is 5.14. The van der Waals surface area contributed by atoms with E-state index in [9.17, 15) is 8.78 Å². The predicted molar refractivity (Wildman–Crippen MR) is 81.1 cm³/mol. The van der Waals surface area contributed by atoms with Gasteiger partial charge >= 0.3 is 6.61 Å². The van der Waals surface area contributed by atoms with Crippen molar-refractivity contribution in [2.75, 3.05) is 0 Å². The van der Waals surface area contributed by atoms with Crippen LogP contribution in [-0.2, 0) is 0 Å². The lowest BCUT2D eigenvalue weighted by atomic mass is 10.00. The summed E-state index contributed by atoms with van der Waals surface area (Å²) in [5.41, 5.74) is 5.26. The van der Waals surface area contributed by atoms with E-state index in [1.165, 1.54) is 6.20 Å². The Kier molecular flexibility index (Phi) is 3.71. The fourth-order valence-corrected chi connectivity index (χ4v) is 2.43. The third kappa shape index (κ3) is 2.88. The molecule has 0 saturated carbocycles. The third-order valence-corrected chi connectivity index (χ3v) is 3.31. The van der Waals surface area contributed by atoms with Gasteiger partial charge in [-0.3, -0.25) is 0 Å². The molecule has 0 saturated heterocycles. The minimum atomic E-state index is -2.91. The van der Waals surface area contributed by atoms with Gasteiger partial charge in [0.25, 0.3) is 0 Å². The van der Waals surface area contributed by atoms with Crippen molar-refractivity contribution in [3.8, 4) is 17.0 Å². The van der Waals surface area contributed by atoms with Gasteiger partial charge in [0.15, 0.2) is 0 Å². The quantitative estimate of drug-likeness (QED) is 0.713. The van der Waals surface area contributed by atoms with E-state index in [0.29, 0.717) is 11.0 Å². The number of alkyl halides is 2. The van der Waals surface area contributed by atoms with Gasteiger partial charge in [0.2, 0.25) is 5.88 Å². The summed E-state index contributed by atoms with van der Waals surface area (Å²) in [5.74, 6) is -0.178.